The van der Waals surface area contributed by atoms with E-state index in [1.807, 2.05) is 11.8 Å². The standard InChI is InChI=1S/C12H25NS2/c1-4-10(9-14-2)13-11-7-5-6-8-12(11)15-3/h10-13H,4-9H2,1-3H3. The summed E-state index contributed by atoms with van der Waals surface area (Å²) in [7, 11) is 0. The Hall–Kier alpha value is 0.660. The van der Waals surface area contributed by atoms with E-state index in [1.165, 1.54) is 37.9 Å². The molecule has 0 aromatic heterocycles. The fraction of sp³-hybridized carbons (Fsp3) is 1.00. The SMILES string of the molecule is CCC(CSC)NC1CCCCC1SC. The van der Waals surface area contributed by atoms with Crippen LogP contribution in [0.4, 0.5) is 0 Å². The van der Waals surface area contributed by atoms with Crippen molar-refractivity contribution in [2.75, 3.05) is 18.3 Å². The first-order valence-electron chi connectivity index (χ1n) is 6.09. The molecule has 1 N–H and O–H groups in total. The van der Waals surface area contributed by atoms with Crippen LogP contribution in [-0.2, 0) is 0 Å². The molecule has 0 aromatic carbocycles. The highest BCUT2D eigenvalue weighted by Gasteiger charge is 2.25. The zero-order valence-corrected chi connectivity index (χ0v) is 11.9. The minimum Gasteiger partial charge on any atom is -0.309 e. The second-order valence-corrected chi connectivity index (χ2v) is 6.38. The van der Waals surface area contributed by atoms with Gasteiger partial charge in [-0.3, -0.25) is 0 Å². The van der Waals surface area contributed by atoms with Crippen LogP contribution in [0.2, 0.25) is 0 Å². The summed E-state index contributed by atoms with van der Waals surface area (Å²) in [5.41, 5.74) is 0. The molecule has 0 amide bonds. The van der Waals surface area contributed by atoms with Gasteiger partial charge in [-0.15, -0.1) is 0 Å². The Kier molecular flexibility index (Phi) is 7.19. The summed E-state index contributed by atoms with van der Waals surface area (Å²) in [5.74, 6) is 1.26. The molecule has 0 saturated heterocycles. The van der Waals surface area contributed by atoms with Crippen molar-refractivity contribution in [1.82, 2.24) is 5.32 Å². The molecule has 1 rings (SSSR count). The largest absolute Gasteiger partial charge is 0.309 e. The maximum Gasteiger partial charge on any atom is 0.0198 e. The lowest BCUT2D eigenvalue weighted by molar-refractivity contribution is 0.352. The number of nitrogens with one attached hydrogen (secondary N) is 1. The summed E-state index contributed by atoms with van der Waals surface area (Å²) in [5, 5.41) is 4.72. The van der Waals surface area contributed by atoms with Crippen molar-refractivity contribution in [3.63, 3.8) is 0 Å². The Morgan fingerprint density at radius 1 is 1.27 bits per heavy atom. The number of hydrogen-bond acceptors (Lipinski definition) is 3. The number of thioether (sulfide) groups is 2. The quantitative estimate of drug-likeness (QED) is 0.773. The molecule has 3 atom stereocenters. The smallest absolute Gasteiger partial charge is 0.0198 e. The van der Waals surface area contributed by atoms with Crippen LogP contribution in [-0.4, -0.2) is 35.6 Å². The third kappa shape index (κ3) is 4.58. The van der Waals surface area contributed by atoms with E-state index in [2.05, 4.69) is 36.5 Å². The van der Waals surface area contributed by atoms with Gasteiger partial charge < -0.3 is 5.32 Å². The van der Waals surface area contributed by atoms with Gasteiger partial charge in [0, 0.05) is 23.1 Å². The lowest BCUT2D eigenvalue weighted by Gasteiger charge is -2.34. The van der Waals surface area contributed by atoms with Crippen molar-refractivity contribution in [3.8, 4) is 0 Å². The molecule has 1 fully saturated rings. The minimum atomic E-state index is 0.720. The fourth-order valence-electron chi connectivity index (χ4n) is 2.36. The third-order valence-electron chi connectivity index (χ3n) is 3.32. The molecule has 0 bridgehead atoms. The molecule has 0 radical (unpaired) electrons. The van der Waals surface area contributed by atoms with Crippen molar-refractivity contribution in [2.24, 2.45) is 0 Å². The number of hydrogen-bond donors (Lipinski definition) is 1. The lowest BCUT2D eigenvalue weighted by atomic mass is 9.94. The first-order valence-corrected chi connectivity index (χ1v) is 8.77. The monoisotopic (exact) mass is 247 g/mol. The van der Waals surface area contributed by atoms with Crippen LogP contribution in [0.1, 0.15) is 39.0 Å². The molecule has 15 heavy (non-hydrogen) atoms. The van der Waals surface area contributed by atoms with Gasteiger partial charge in [0.25, 0.3) is 0 Å². The van der Waals surface area contributed by atoms with Gasteiger partial charge in [0.1, 0.15) is 0 Å². The molecule has 3 unspecified atom stereocenters. The normalized spacial score (nSPS) is 29.0. The zero-order chi connectivity index (χ0) is 11.1. The van der Waals surface area contributed by atoms with Crippen molar-refractivity contribution >= 4 is 23.5 Å². The summed E-state index contributed by atoms with van der Waals surface area (Å²) >= 11 is 4.02. The molecule has 1 aliphatic rings. The Morgan fingerprint density at radius 2 is 2.00 bits per heavy atom. The average molecular weight is 247 g/mol. The molecular formula is C12H25NS2. The van der Waals surface area contributed by atoms with Crippen LogP contribution in [0.15, 0.2) is 0 Å². The lowest BCUT2D eigenvalue weighted by Crippen LogP contribution is -2.46. The van der Waals surface area contributed by atoms with Crippen molar-refractivity contribution in [1.29, 1.82) is 0 Å². The van der Waals surface area contributed by atoms with Crippen LogP contribution in [0.3, 0.4) is 0 Å². The Bertz CT molecular complexity index is 164. The predicted octanol–water partition coefficient (Wildman–Crippen LogP) is 3.39. The van der Waals surface area contributed by atoms with Gasteiger partial charge in [-0.05, 0) is 31.8 Å². The fourth-order valence-corrected chi connectivity index (χ4v) is 4.04. The first-order chi connectivity index (χ1) is 7.31. The van der Waals surface area contributed by atoms with Gasteiger partial charge in [-0.2, -0.15) is 23.5 Å². The van der Waals surface area contributed by atoms with E-state index >= 15 is 0 Å². The molecule has 0 heterocycles. The topological polar surface area (TPSA) is 12.0 Å². The highest BCUT2D eigenvalue weighted by molar-refractivity contribution is 7.99. The van der Waals surface area contributed by atoms with Crippen LogP contribution in [0.25, 0.3) is 0 Å². The van der Waals surface area contributed by atoms with Crippen LogP contribution >= 0.6 is 23.5 Å². The second-order valence-electron chi connectivity index (χ2n) is 4.39. The van der Waals surface area contributed by atoms with E-state index in [9.17, 15) is 0 Å². The third-order valence-corrected chi connectivity index (χ3v) is 5.22. The van der Waals surface area contributed by atoms with E-state index in [1.54, 1.807) is 0 Å². The molecule has 0 aliphatic heterocycles. The summed E-state index contributed by atoms with van der Waals surface area (Å²) in [6, 6.07) is 1.49. The molecule has 3 heteroatoms. The zero-order valence-electron chi connectivity index (χ0n) is 10.3. The van der Waals surface area contributed by atoms with Crippen molar-refractivity contribution < 1.29 is 0 Å². The Morgan fingerprint density at radius 3 is 2.60 bits per heavy atom. The first kappa shape index (κ1) is 13.7. The summed E-state index contributed by atoms with van der Waals surface area (Å²) in [4.78, 5) is 0. The van der Waals surface area contributed by atoms with E-state index in [0.29, 0.717) is 0 Å². The van der Waals surface area contributed by atoms with Gasteiger partial charge in [0.05, 0.1) is 0 Å². The molecule has 0 aromatic rings. The highest BCUT2D eigenvalue weighted by atomic mass is 32.2. The second kappa shape index (κ2) is 7.86. The van der Waals surface area contributed by atoms with Crippen LogP contribution < -0.4 is 5.32 Å². The van der Waals surface area contributed by atoms with Gasteiger partial charge in [0.2, 0.25) is 0 Å². The molecule has 1 saturated carbocycles. The summed E-state index contributed by atoms with van der Waals surface area (Å²) < 4.78 is 0. The van der Waals surface area contributed by atoms with Crippen LogP contribution in [0, 0.1) is 0 Å². The molecular weight excluding hydrogens is 222 g/mol. The van der Waals surface area contributed by atoms with Crippen molar-refractivity contribution in [3.05, 3.63) is 0 Å². The molecule has 90 valence electrons. The average Bonchev–Trinajstić information content (AvgIpc) is 2.29. The summed E-state index contributed by atoms with van der Waals surface area (Å²) in [6.07, 6.45) is 11.4. The maximum absolute atomic E-state index is 3.87. The van der Waals surface area contributed by atoms with Crippen LogP contribution in [0.5, 0.6) is 0 Å². The van der Waals surface area contributed by atoms with Gasteiger partial charge in [-0.25, -0.2) is 0 Å². The maximum atomic E-state index is 3.87. The summed E-state index contributed by atoms with van der Waals surface area (Å²) in [6.45, 7) is 2.30. The van der Waals surface area contributed by atoms with E-state index in [-0.39, 0.29) is 0 Å². The van der Waals surface area contributed by atoms with Gasteiger partial charge in [-0.1, -0.05) is 19.8 Å². The van der Waals surface area contributed by atoms with E-state index in [0.717, 1.165) is 17.3 Å². The van der Waals surface area contributed by atoms with Gasteiger partial charge in [0.15, 0.2) is 0 Å². The molecule has 1 nitrogen and oxygen atoms in total. The van der Waals surface area contributed by atoms with E-state index < -0.39 is 0 Å². The Labute approximate surface area is 104 Å². The Balaban J connectivity index is 2.38. The number of rotatable bonds is 6. The highest BCUT2D eigenvalue weighted by Crippen LogP contribution is 2.27. The molecule has 0 spiro atoms. The van der Waals surface area contributed by atoms with Gasteiger partial charge >= 0.3 is 0 Å². The predicted molar refractivity (Wildman–Crippen MR) is 75.2 cm³/mol. The van der Waals surface area contributed by atoms with E-state index in [4.69, 9.17) is 0 Å². The minimum absolute atomic E-state index is 0.720. The van der Waals surface area contributed by atoms with Crippen molar-refractivity contribution in [2.45, 2.75) is 56.4 Å². The molecule has 1 aliphatic carbocycles.